The van der Waals surface area contributed by atoms with E-state index in [1.54, 1.807) is 31.2 Å². The van der Waals surface area contributed by atoms with Crippen LogP contribution in [0.25, 0.3) is 0 Å². The molecule has 0 saturated carbocycles. The third-order valence-corrected chi connectivity index (χ3v) is 2.49. The van der Waals surface area contributed by atoms with E-state index in [9.17, 15) is 9.59 Å². The van der Waals surface area contributed by atoms with Gasteiger partial charge in [-0.1, -0.05) is 18.5 Å². The molecular weight excluding hydrogens is 228 g/mol. The van der Waals surface area contributed by atoms with Crippen molar-refractivity contribution in [2.24, 2.45) is 5.92 Å². The lowest BCUT2D eigenvalue weighted by Crippen LogP contribution is -2.17. The second-order valence-electron chi connectivity index (χ2n) is 3.62. The van der Waals surface area contributed by atoms with Gasteiger partial charge in [0.2, 0.25) is 0 Å². The van der Waals surface area contributed by atoms with E-state index in [2.05, 4.69) is 0 Å². The van der Waals surface area contributed by atoms with Crippen molar-refractivity contribution in [2.45, 2.75) is 13.8 Å². The second kappa shape index (κ2) is 5.66. The van der Waals surface area contributed by atoms with E-state index in [0.29, 0.717) is 10.6 Å². The molecule has 0 spiro atoms. The summed E-state index contributed by atoms with van der Waals surface area (Å²) in [5.74, 6) is -0.704. The summed E-state index contributed by atoms with van der Waals surface area (Å²) in [5, 5.41) is 0.564. The Bertz CT molecular complexity index is 384. The number of esters is 1. The quantitative estimate of drug-likeness (QED) is 0.760. The summed E-state index contributed by atoms with van der Waals surface area (Å²) in [6.45, 7) is 3.30. The summed E-state index contributed by atoms with van der Waals surface area (Å²) in [4.78, 5) is 22.4. The smallest absolute Gasteiger partial charge is 0.338 e. The number of rotatable bonds is 4. The standard InChI is InChI=1S/C12H13ClO3/c1-8(9(2)14)7-16-12(15)10-3-5-11(13)6-4-10/h3-6,8H,7H2,1-2H3. The lowest BCUT2D eigenvalue weighted by atomic mass is 10.1. The fourth-order valence-electron chi connectivity index (χ4n) is 0.987. The number of hydrogen-bond donors (Lipinski definition) is 0. The van der Waals surface area contributed by atoms with Crippen LogP contribution in [0, 0.1) is 5.92 Å². The molecule has 86 valence electrons. The predicted octanol–water partition coefficient (Wildman–Crippen LogP) is 2.72. The molecule has 16 heavy (non-hydrogen) atoms. The minimum absolute atomic E-state index is 0.00362. The SMILES string of the molecule is CC(=O)C(C)COC(=O)c1ccc(Cl)cc1. The molecule has 0 N–H and O–H groups in total. The first-order valence-electron chi connectivity index (χ1n) is 4.94. The van der Waals surface area contributed by atoms with Crippen molar-refractivity contribution in [3.8, 4) is 0 Å². The fraction of sp³-hybridized carbons (Fsp3) is 0.333. The Hall–Kier alpha value is -1.35. The van der Waals surface area contributed by atoms with E-state index in [-0.39, 0.29) is 18.3 Å². The molecule has 0 aromatic heterocycles. The minimum Gasteiger partial charge on any atom is -0.461 e. The Balaban J connectivity index is 2.53. The van der Waals surface area contributed by atoms with Crippen molar-refractivity contribution >= 4 is 23.4 Å². The van der Waals surface area contributed by atoms with E-state index in [1.807, 2.05) is 0 Å². The first-order valence-corrected chi connectivity index (χ1v) is 5.31. The lowest BCUT2D eigenvalue weighted by molar-refractivity contribution is -0.121. The number of hydrogen-bond acceptors (Lipinski definition) is 3. The zero-order valence-electron chi connectivity index (χ0n) is 9.20. The minimum atomic E-state index is -0.440. The summed E-state index contributed by atoms with van der Waals surface area (Å²) in [6, 6.07) is 6.41. The molecule has 0 fully saturated rings. The molecule has 0 aliphatic rings. The van der Waals surface area contributed by atoms with Gasteiger partial charge in [0.05, 0.1) is 5.56 Å². The molecule has 1 aromatic carbocycles. The number of Topliss-reactive ketones (excluding diaryl/α,β-unsaturated/α-hetero) is 1. The average Bonchev–Trinajstić information content (AvgIpc) is 2.26. The van der Waals surface area contributed by atoms with Crippen molar-refractivity contribution in [1.29, 1.82) is 0 Å². The number of halogens is 1. The first kappa shape index (κ1) is 12.7. The number of carbonyl (C=O) groups is 2. The fourth-order valence-corrected chi connectivity index (χ4v) is 1.11. The highest BCUT2D eigenvalue weighted by Crippen LogP contribution is 2.11. The van der Waals surface area contributed by atoms with Crippen LogP contribution >= 0.6 is 11.6 Å². The highest BCUT2D eigenvalue weighted by molar-refractivity contribution is 6.30. The number of ketones is 1. The summed E-state index contributed by atoms with van der Waals surface area (Å²) in [7, 11) is 0. The van der Waals surface area contributed by atoms with Gasteiger partial charge in [0, 0.05) is 10.9 Å². The van der Waals surface area contributed by atoms with Gasteiger partial charge in [0.25, 0.3) is 0 Å². The molecule has 0 heterocycles. The monoisotopic (exact) mass is 240 g/mol. The highest BCUT2D eigenvalue weighted by Gasteiger charge is 2.12. The molecule has 1 atom stereocenters. The summed E-state index contributed by atoms with van der Waals surface area (Å²) < 4.78 is 4.99. The molecule has 4 heteroatoms. The molecular formula is C12H13ClO3. The van der Waals surface area contributed by atoms with E-state index >= 15 is 0 Å². The Morgan fingerprint density at radius 3 is 2.38 bits per heavy atom. The molecule has 0 radical (unpaired) electrons. The van der Waals surface area contributed by atoms with Crippen LogP contribution < -0.4 is 0 Å². The Labute approximate surface area is 99.4 Å². The van der Waals surface area contributed by atoms with Crippen LogP contribution in [-0.2, 0) is 9.53 Å². The lowest BCUT2D eigenvalue weighted by Gasteiger charge is -2.08. The maximum atomic E-state index is 11.5. The zero-order valence-corrected chi connectivity index (χ0v) is 9.95. The summed E-state index contributed by atoms with van der Waals surface area (Å²) >= 11 is 5.69. The van der Waals surface area contributed by atoms with Gasteiger partial charge in [-0.2, -0.15) is 0 Å². The third kappa shape index (κ3) is 3.66. The molecule has 1 unspecified atom stereocenters. The van der Waals surface area contributed by atoms with Crippen LogP contribution in [0.2, 0.25) is 5.02 Å². The van der Waals surface area contributed by atoms with Crippen molar-refractivity contribution in [3.05, 3.63) is 34.9 Å². The van der Waals surface area contributed by atoms with Crippen LogP contribution in [0.3, 0.4) is 0 Å². The van der Waals surface area contributed by atoms with Gasteiger partial charge < -0.3 is 4.74 Å². The highest BCUT2D eigenvalue weighted by atomic mass is 35.5. The number of ether oxygens (including phenoxy) is 1. The molecule has 0 saturated heterocycles. The number of carbonyl (C=O) groups excluding carboxylic acids is 2. The molecule has 3 nitrogen and oxygen atoms in total. The van der Waals surface area contributed by atoms with Gasteiger partial charge in [0.15, 0.2) is 0 Å². The van der Waals surface area contributed by atoms with E-state index in [1.165, 1.54) is 6.92 Å². The third-order valence-electron chi connectivity index (χ3n) is 2.24. The van der Waals surface area contributed by atoms with Crippen LogP contribution in [0.5, 0.6) is 0 Å². The molecule has 0 bridgehead atoms. The van der Waals surface area contributed by atoms with Crippen molar-refractivity contribution < 1.29 is 14.3 Å². The molecule has 0 aliphatic carbocycles. The van der Waals surface area contributed by atoms with E-state index in [4.69, 9.17) is 16.3 Å². The zero-order chi connectivity index (χ0) is 12.1. The Morgan fingerprint density at radius 1 is 1.31 bits per heavy atom. The van der Waals surface area contributed by atoms with Crippen molar-refractivity contribution in [2.75, 3.05) is 6.61 Å². The first-order chi connectivity index (χ1) is 7.50. The maximum Gasteiger partial charge on any atom is 0.338 e. The molecule has 0 amide bonds. The van der Waals surface area contributed by atoms with Crippen LogP contribution in [0.15, 0.2) is 24.3 Å². The maximum absolute atomic E-state index is 11.5. The Morgan fingerprint density at radius 2 is 1.88 bits per heavy atom. The second-order valence-corrected chi connectivity index (χ2v) is 4.05. The van der Waals surface area contributed by atoms with E-state index in [0.717, 1.165) is 0 Å². The van der Waals surface area contributed by atoms with Gasteiger partial charge >= 0.3 is 5.97 Å². The summed E-state index contributed by atoms with van der Waals surface area (Å²) in [6.07, 6.45) is 0. The van der Waals surface area contributed by atoms with Gasteiger partial charge in [-0.25, -0.2) is 4.79 Å². The topological polar surface area (TPSA) is 43.4 Å². The van der Waals surface area contributed by atoms with Gasteiger partial charge in [-0.15, -0.1) is 0 Å². The molecule has 0 aliphatic heterocycles. The molecule has 1 rings (SSSR count). The van der Waals surface area contributed by atoms with Crippen LogP contribution in [-0.4, -0.2) is 18.4 Å². The Kier molecular flexibility index (Phi) is 4.50. The van der Waals surface area contributed by atoms with E-state index < -0.39 is 5.97 Å². The largest absolute Gasteiger partial charge is 0.461 e. The summed E-state index contributed by atoms with van der Waals surface area (Å²) in [5.41, 5.74) is 0.431. The van der Waals surface area contributed by atoms with Gasteiger partial charge in [-0.05, 0) is 31.2 Å². The average molecular weight is 241 g/mol. The van der Waals surface area contributed by atoms with Crippen molar-refractivity contribution in [3.63, 3.8) is 0 Å². The van der Waals surface area contributed by atoms with Crippen LogP contribution in [0.4, 0.5) is 0 Å². The van der Waals surface area contributed by atoms with Gasteiger partial charge in [0.1, 0.15) is 12.4 Å². The number of benzene rings is 1. The van der Waals surface area contributed by atoms with Crippen LogP contribution in [0.1, 0.15) is 24.2 Å². The molecule has 1 aromatic rings. The normalized spacial score (nSPS) is 11.9. The predicted molar refractivity (Wildman–Crippen MR) is 61.6 cm³/mol. The van der Waals surface area contributed by atoms with Crippen molar-refractivity contribution in [1.82, 2.24) is 0 Å². The van der Waals surface area contributed by atoms with Gasteiger partial charge in [-0.3, -0.25) is 4.79 Å².